The van der Waals surface area contributed by atoms with Gasteiger partial charge >= 0.3 is 0 Å². The minimum absolute atomic E-state index is 0.230. The van der Waals surface area contributed by atoms with E-state index in [1.54, 1.807) is 11.1 Å². The molecular weight excluding hydrogens is 282 g/mol. The summed E-state index contributed by atoms with van der Waals surface area (Å²) < 4.78 is 5.43. The molecule has 0 saturated carbocycles. The Labute approximate surface area is 126 Å². The molecule has 4 rings (SSSR count). The third-order valence-corrected chi connectivity index (χ3v) is 4.17. The van der Waals surface area contributed by atoms with Crippen molar-refractivity contribution in [3.8, 4) is 11.4 Å². The van der Waals surface area contributed by atoms with E-state index >= 15 is 0 Å². The first-order valence-electron chi connectivity index (χ1n) is 7.30. The molecule has 7 nitrogen and oxygen atoms in total. The zero-order valence-corrected chi connectivity index (χ0v) is 11.9. The molecule has 2 aromatic heterocycles. The first-order chi connectivity index (χ1) is 10.8. The Morgan fingerprint density at radius 1 is 1.32 bits per heavy atom. The molecular formula is C15H15N5O2. The molecule has 1 aromatic carbocycles. The molecule has 1 N–H and O–H groups in total. The maximum Gasteiger partial charge on any atom is 0.230 e. The summed E-state index contributed by atoms with van der Waals surface area (Å²) in [5.74, 6) is 1.47. The number of hydrogen-bond acceptors (Lipinski definition) is 5. The van der Waals surface area contributed by atoms with Gasteiger partial charge in [-0.2, -0.15) is 10.1 Å². The summed E-state index contributed by atoms with van der Waals surface area (Å²) in [5, 5.41) is 12.1. The second-order valence-corrected chi connectivity index (χ2v) is 5.54. The Balaban J connectivity index is 1.57. The number of rotatable bonds is 3. The Morgan fingerprint density at radius 3 is 3.00 bits per heavy atom. The summed E-state index contributed by atoms with van der Waals surface area (Å²) in [4.78, 5) is 17.0. The van der Waals surface area contributed by atoms with Crippen molar-refractivity contribution in [2.45, 2.75) is 18.8 Å². The minimum Gasteiger partial charge on any atom is -0.345 e. The van der Waals surface area contributed by atoms with Crippen molar-refractivity contribution in [2.24, 2.45) is 0 Å². The third-order valence-electron chi connectivity index (χ3n) is 4.17. The maximum absolute atomic E-state index is 10.7. The van der Waals surface area contributed by atoms with Crippen LogP contribution in [0.3, 0.4) is 0 Å². The average Bonchev–Trinajstić information content (AvgIpc) is 3.23. The number of hydrogen-bond donors (Lipinski definition) is 1. The average molecular weight is 297 g/mol. The van der Waals surface area contributed by atoms with Gasteiger partial charge in [-0.05, 0) is 18.9 Å². The van der Waals surface area contributed by atoms with Gasteiger partial charge in [0.05, 0.1) is 11.7 Å². The molecule has 0 spiro atoms. The number of fused-ring (bicyclic) bond motifs is 1. The van der Waals surface area contributed by atoms with E-state index in [-0.39, 0.29) is 5.92 Å². The Hall–Kier alpha value is -2.70. The van der Waals surface area contributed by atoms with E-state index in [0.29, 0.717) is 11.7 Å². The summed E-state index contributed by atoms with van der Waals surface area (Å²) >= 11 is 0. The second-order valence-electron chi connectivity index (χ2n) is 5.54. The molecule has 7 heteroatoms. The predicted octanol–water partition coefficient (Wildman–Crippen LogP) is 1.95. The van der Waals surface area contributed by atoms with Crippen molar-refractivity contribution in [3.63, 3.8) is 0 Å². The van der Waals surface area contributed by atoms with Crippen LogP contribution in [0, 0.1) is 0 Å². The summed E-state index contributed by atoms with van der Waals surface area (Å²) in [5.41, 5.74) is 1.85. The van der Waals surface area contributed by atoms with Crippen molar-refractivity contribution in [3.05, 3.63) is 30.3 Å². The van der Waals surface area contributed by atoms with Gasteiger partial charge in [0.2, 0.25) is 18.1 Å². The number of piperidine rings is 1. The normalized spacial score (nSPS) is 16.3. The van der Waals surface area contributed by atoms with Crippen LogP contribution in [0.1, 0.15) is 24.7 Å². The fourth-order valence-corrected chi connectivity index (χ4v) is 2.85. The molecule has 0 atom stereocenters. The summed E-state index contributed by atoms with van der Waals surface area (Å²) in [6.45, 7) is 1.48. The van der Waals surface area contributed by atoms with Crippen molar-refractivity contribution in [1.29, 1.82) is 0 Å². The molecule has 3 aromatic rings. The van der Waals surface area contributed by atoms with Gasteiger partial charge in [0.25, 0.3) is 0 Å². The topological polar surface area (TPSA) is 87.9 Å². The van der Waals surface area contributed by atoms with Gasteiger partial charge in [-0.25, -0.2) is 0 Å². The smallest absolute Gasteiger partial charge is 0.230 e. The van der Waals surface area contributed by atoms with Crippen molar-refractivity contribution in [1.82, 2.24) is 25.2 Å². The number of H-pyrrole nitrogens is 1. The number of aromatic amines is 1. The Kier molecular flexibility index (Phi) is 3.10. The van der Waals surface area contributed by atoms with E-state index in [4.69, 9.17) is 4.52 Å². The van der Waals surface area contributed by atoms with Gasteiger partial charge in [0.15, 0.2) is 0 Å². The van der Waals surface area contributed by atoms with E-state index in [9.17, 15) is 4.79 Å². The number of nitrogens with zero attached hydrogens (tertiary/aromatic N) is 4. The van der Waals surface area contributed by atoms with Crippen LogP contribution in [0.5, 0.6) is 0 Å². The Bertz CT molecular complexity index is 801. The lowest BCUT2D eigenvalue weighted by Gasteiger charge is -2.26. The summed E-state index contributed by atoms with van der Waals surface area (Å²) in [6.07, 6.45) is 4.40. The van der Waals surface area contributed by atoms with Crippen molar-refractivity contribution in [2.75, 3.05) is 13.1 Å². The molecule has 1 fully saturated rings. The van der Waals surface area contributed by atoms with Crippen LogP contribution in [-0.4, -0.2) is 44.7 Å². The number of aromatic nitrogens is 4. The quantitative estimate of drug-likeness (QED) is 0.746. The minimum atomic E-state index is 0.230. The molecule has 1 aliphatic heterocycles. The lowest BCUT2D eigenvalue weighted by molar-refractivity contribution is -0.119. The highest BCUT2D eigenvalue weighted by molar-refractivity contribution is 5.82. The van der Waals surface area contributed by atoms with E-state index in [0.717, 1.165) is 48.8 Å². The first-order valence-corrected chi connectivity index (χ1v) is 7.30. The second kappa shape index (κ2) is 5.25. The fourth-order valence-electron chi connectivity index (χ4n) is 2.85. The highest BCUT2D eigenvalue weighted by Crippen LogP contribution is 2.28. The standard InChI is InChI=1S/C15H15N5O2/c21-9-20-5-3-10(4-6-20)15-17-14(19-22-15)11-1-2-12-8-16-18-13(12)7-11/h1-2,7-10H,3-6H2,(H,16,18). The molecule has 1 aliphatic rings. The maximum atomic E-state index is 10.7. The monoisotopic (exact) mass is 297 g/mol. The van der Waals surface area contributed by atoms with Crippen LogP contribution in [-0.2, 0) is 4.79 Å². The number of likely N-dealkylation sites (tertiary alicyclic amines) is 1. The van der Waals surface area contributed by atoms with E-state index < -0.39 is 0 Å². The molecule has 1 amide bonds. The van der Waals surface area contributed by atoms with Gasteiger partial charge in [0, 0.05) is 30.0 Å². The van der Waals surface area contributed by atoms with Crippen LogP contribution in [0.25, 0.3) is 22.3 Å². The molecule has 0 bridgehead atoms. The fraction of sp³-hybridized carbons (Fsp3) is 0.333. The zero-order chi connectivity index (χ0) is 14.9. The number of nitrogens with one attached hydrogen (secondary N) is 1. The largest absolute Gasteiger partial charge is 0.345 e. The van der Waals surface area contributed by atoms with Crippen LogP contribution in [0.2, 0.25) is 0 Å². The third kappa shape index (κ3) is 2.24. The van der Waals surface area contributed by atoms with Gasteiger partial charge in [-0.3, -0.25) is 9.89 Å². The molecule has 0 unspecified atom stereocenters. The molecule has 3 heterocycles. The number of benzene rings is 1. The molecule has 1 saturated heterocycles. The summed E-state index contributed by atoms with van der Waals surface area (Å²) in [7, 11) is 0. The number of carbonyl (C=O) groups is 1. The van der Waals surface area contributed by atoms with Crippen LogP contribution < -0.4 is 0 Å². The predicted molar refractivity (Wildman–Crippen MR) is 79.0 cm³/mol. The first kappa shape index (κ1) is 13.0. The SMILES string of the molecule is O=CN1CCC(c2nc(-c3ccc4cn[nH]c4c3)no2)CC1. The molecule has 0 radical (unpaired) electrons. The lowest BCUT2D eigenvalue weighted by Crippen LogP contribution is -2.31. The molecule has 0 aliphatic carbocycles. The van der Waals surface area contributed by atoms with E-state index in [2.05, 4.69) is 20.3 Å². The zero-order valence-electron chi connectivity index (χ0n) is 11.9. The van der Waals surface area contributed by atoms with Crippen LogP contribution in [0.4, 0.5) is 0 Å². The highest BCUT2D eigenvalue weighted by atomic mass is 16.5. The lowest BCUT2D eigenvalue weighted by atomic mass is 9.97. The highest BCUT2D eigenvalue weighted by Gasteiger charge is 2.24. The van der Waals surface area contributed by atoms with Crippen LogP contribution >= 0.6 is 0 Å². The van der Waals surface area contributed by atoms with Gasteiger partial charge in [-0.1, -0.05) is 17.3 Å². The molecule has 112 valence electrons. The number of carbonyl (C=O) groups excluding carboxylic acids is 1. The van der Waals surface area contributed by atoms with E-state index in [1.165, 1.54) is 0 Å². The van der Waals surface area contributed by atoms with Gasteiger partial charge in [-0.15, -0.1) is 0 Å². The van der Waals surface area contributed by atoms with Crippen molar-refractivity contribution < 1.29 is 9.32 Å². The van der Waals surface area contributed by atoms with Gasteiger partial charge in [0.1, 0.15) is 0 Å². The van der Waals surface area contributed by atoms with Crippen LogP contribution in [0.15, 0.2) is 28.9 Å². The van der Waals surface area contributed by atoms with Gasteiger partial charge < -0.3 is 9.42 Å². The van der Waals surface area contributed by atoms with Crippen molar-refractivity contribution >= 4 is 17.3 Å². The molecule has 22 heavy (non-hydrogen) atoms. The number of amides is 1. The Morgan fingerprint density at radius 2 is 2.18 bits per heavy atom. The van der Waals surface area contributed by atoms with E-state index in [1.807, 2.05) is 18.2 Å². The summed E-state index contributed by atoms with van der Waals surface area (Å²) in [6, 6.07) is 5.90.